The number of likely N-dealkylation sites (N-methyl/N-ethyl adjacent to an activating group) is 1. The smallest absolute Gasteiger partial charge is 0.387 e. The molecule has 0 spiro atoms. The largest absolute Gasteiger partial charge is 0.454 e. The van der Waals surface area contributed by atoms with Crippen LogP contribution in [-0.4, -0.2) is 44.6 Å². The average molecular weight is 316 g/mol. The van der Waals surface area contributed by atoms with Crippen LogP contribution in [0.1, 0.15) is 10.4 Å². The molecule has 0 saturated heterocycles. The van der Waals surface area contributed by atoms with Crippen LogP contribution in [0.3, 0.4) is 0 Å². The minimum atomic E-state index is -3.08. The molecule has 0 aliphatic heterocycles. The van der Waals surface area contributed by atoms with Gasteiger partial charge < -0.3 is 20.1 Å². The Kier molecular flexibility index (Phi) is 6.74. The second-order valence-electron chi connectivity index (χ2n) is 3.89. The number of carbonyl (C=O) groups is 3. The van der Waals surface area contributed by atoms with E-state index in [0.717, 1.165) is 0 Å². The van der Waals surface area contributed by atoms with Gasteiger partial charge in [-0.1, -0.05) is 12.1 Å². The summed E-state index contributed by atoms with van der Waals surface area (Å²) in [6, 6.07) is 5.34. The number of amides is 2. The molecule has 0 fully saturated rings. The minimum absolute atomic E-state index is 0.151. The molecule has 22 heavy (non-hydrogen) atoms. The second-order valence-corrected chi connectivity index (χ2v) is 3.89. The zero-order chi connectivity index (χ0) is 16.5. The lowest BCUT2D eigenvalue weighted by Crippen LogP contribution is -2.33. The van der Waals surface area contributed by atoms with Gasteiger partial charge in [-0.25, -0.2) is 0 Å². The maximum atomic E-state index is 12.2. The number of benzene rings is 1. The number of hydrogen-bond donors (Lipinski definition) is 2. The molecule has 120 valence electrons. The van der Waals surface area contributed by atoms with E-state index in [-0.39, 0.29) is 11.3 Å². The van der Waals surface area contributed by atoms with Crippen molar-refractivity contribution in [1.29, 1.82) is 0 Å². The Labute approximate surface area is 124 Å². The van der Waals surface area contributed by atoms with Crippen LogP contribution in [-0.2, 0) is 14.3 Å². The van der Waals surface area contributed by atoms with Crippen molar-refractivity contribution in [2.24, 2.45) is 0 Å². The Balaban J connectivity index is 2.55. The highest BCUT2D eigenvalue weighted by atomic mass is 19.3. The molecule has 0 aliphatic carbocycles. The van der Waals surface area contributed by atoms with E-state index in [4.69, 9.17) is 0 Å². The van der Waals surface area contributed by atoms with Crippen LogP contribution in [0, 0.1) is 0 Å². The lowest BCUT2D eigenvalue weighted by molar-refractivity contribution is -0.147. The summed E-state index contributed by atoms with van der Waals surface area (Å²) in [5.41, 5.74) is -0.151. The number of carbonyl (C=O) groups excluding carboxylic acids is 3. The quantitative estimate of drug-likeness (QED) is 0.706. The predicted molar refractivity (Wildman–Crippen MR) is 70.4 cm³/mol. The third kappa shape index (κ3) is 5.73. The zero-order valence-electron chi connectivity index (χ0n) is 11.6. The SMILES string of the molecule is CNC(=O)COC(=O)CNC(=O)c1ccccc1OC(F)F. The maximum Gasteiger partial charge on any atom is 0.387 e. The van der Waals surface area contributed by atoms with E-state index in [9.17, 15) is 23.2 Å². The molecule has 7 nitrogen and oxygen atoms in total. The topological polar surface area (TPSA) is 93.7 Å². The van der Waals surface area contributed by atoms with Crippen LogP contribution in [0.5, 0.6) is 5.75 Å². The summed E-state index contributed by atoms with van der Waals surface area (Å²) < 4.78 is 33.2. The van der Waals surface area contributed by atoms with Gasteiger partial charge in [0.1, 0.15) is 12.3 Å². The molecule has 0 aliphatic rings. The number of nitrogens with one attached hydrogen (secondary N) is 2. The fourth-order valence-corrected chi connectivity index (χ4v) is 1.37. The van der Waals surface area contributed by atoms with E-state index in [1.54, 1.807) is 0 Å². The van der Waals surface area contributed by atoms with Crippen molar-refractivity contribution in [1.82, 2.24) is 10.6 Å². The summed E-state index contributed by atoms with van der Waals surface area (Å²) in [5.74, 6) is -2.44. The van der Waals surface area contributed by atoms with Crippen molar-refractivity contribution in [2.75, 3.05) is 20.2 Å². The first kappa shape index (κ1) is 17.3. The molecule has 0 bridgehead atoms. The molecule has 0 saturated carbocycles. The van der Waals surface area contributed by atoms with Crippen molar-refractivity contribution in [3.05, 3.63) is 29.8 Å². The highest BCUT2D eigenvalue weighted by Gasteiger charge is 2.16. The van der Waals surface area contributed by atoms with Gasteiger partial charge in [0.25, 0.3) is 11.8 Å². The molecule has 9 heteroatoms. The molecule has 0 radical (unpaired) electrons. The van der Waals surface area contributed by atoms with Crippen LogP contribution in [0.2, 0.25) is 0 Å². The first-order chi connectivity index (χ1) is 10.4. The summed E-state index contributed by atoms with van der Waals surface area (Å²) >= 11 is 0. The predicted octanol–water partition coefficient (Wildman–Crippen LogP) is 0.307. The standard InChI is InChI=1S/C13H14F2N2O5/c1-16-10(18)7-21-11(19)6-17-12(20)8-4-2-3-5-9(8)22-13(14)15/h2-5,13H,6-7H2,1H3,(H,16,18)(H,17,20). The second kappa shape index (κ2) is 8.55. The van der Waals surface area contributed by atoms with Crippen LogP contribution < -0.4 is 15.4 Å². The summed E-state index contributed by atoms with van der Waals surface area (Å²) in [6.07, 6.45) is 0. The average Bonchev–Trinajstić information content (AvgIpc) is 2.50. The van der Waals surface area contributed by atoms with Crippen molar-refractivity contribution < 1.29 is 32.6 Å². The lowest BCUT2D eigenvalue weighted by Gasteiger charge is -2.10. The van der Waals surface area contributed by atoms with E-state index in [1.807, 2.05) is 0 Å². The first-order valence-electron chi connectivity index (χ1n) is 6.12. The zero-order valence-corrected chi connectivity index (χ0v) is 11.6. The molecule has 0 unspecified atom stereocenters. The summed E-state index contributed by atoms with van der Waals surface area (Å²) in [5, 5.41) is 4.43. The molecule has 2 N–H and O–H groups in total. The Bertz CT molecular complexity index is 551. The van der Waals surface area contributed by atoms with Crippen LogP contribution in [0.15, 0.2) is 24.3 Å². The van der Waals surface area contributed by atoms with Crippen molar-refractivity contribution >= 4 is 17.8 Å². The van der Waals surface area contributed by atoms with Gasteiger partial charge in [0, 0.05) is 7.05 Å². The number of hydrogen-bond acceptors (Lipinski definition) is 5. The van der Waals surface area contributed by atoms with Gasteiger partial charge in [-0.15, -0.1) is 0 Å². The Morgan fingerprint density at radius 2 is 1.91 bits per heavy atom. The van der Waals surface area contributed by atoms with Crippen LogP contribution >= 0.6 is 0 Å². The van der Waals surface area contributed by atoms with E-state index >= 15 is 0 Å². The molecule has 0 atom stereocenters. The summed E-state index contributed by atoms with van der Waals surface area (Å²) in [4.78, 5) is 34.0. The van der Waals surface area contributed by atoms with Gasteiger partial charge in [0.05, 0.1) is 5.56 Å². The molecular formula is C13H14F2N2O5. The van der Waals surface area contributed by atoms with Crippen molar-refractivity contribution in [3.8, 4) is 5.75 Å². The van der Waals surface area contributed by atoms with Gasteiger partial charge in [-0.05, 0) is 12.1 Å². The van der Waals surface area contributed by atoms with Crippen molar-refractivity contribution in [3.63, 3.8) is 0 Å². The van der Waals surface area contributed by atoms with Gasteiger partial charge in [0.2, 0.25) is 0 Å². The Morgan fingerprint density at radius 3 is 2.55 bits per heavy atom. The van der Waals surface area contributed by atoms with Gasteiger partial charge in [0.15, 0.2) is 6.61 Å². The third-order valence-corrected chi connectivity index (χ3v) is 2.38. The number of rotatable bonds is 7. The number of alkyl halides is 2. The minimum Gasteiger partial charge on any atom is -0.454 e. The third-order valence-electron chi connectivity index (χ3n) is 2.38. The normalized spacial score (nSPS) is 10.0. The molecule has 1 aromatic carbocycles. The van der Waals surface area contributed by atoms with E-state index in [1.165, 1.54) is 31.3 Å². The number of para-hydroxylation sites is 1. The van der Waals surface area contributed by atoms with Crippen LogP contribution in [0.25, 0.3) is 0 Å². The molecule has 1 aromatic rings. The number of ether oxygens (including phenoxy) is 2. The molecule has 1 rings (SSSR count). The highest BCUT2D eigenvalue weighted by Crippen LogP contribution is 2.19. The number of esters is 1. The monoisotopic (exact) mass is 316 g/mol. The highest BCUT2D eigenvalue weighted by molar-refractivity contribution is 5.98. The van der Waals surface area contributed by atoms with Gasteiger partial charge in [-0.3, -0.25) is 14.4 Å². The fraction of sp³-hybridized carbons (Fsp3) is 0.308. The Morgan fingerprint density at radius 1 is 1.23 bits per heavy atom. The molecule has 2 amide bonds. The van der Waals surface area contributed by atoms with Gasteiger partial charge in [-0.2, -0.15) is 8.78 Å². The molecule has 0 heterocycles. The molecule has 0 aromatic heterocycles. The Hall–Kier alpha value is -2.71. The lowest BCUT2D eigenvalue weighted by atomic mass is 10.2. The summed E-state index contributed by atoms with van der Waals surface area (Å²) in [6.45, 7) is -4.07. The fourth-order valence-electron chi connectivity index (χ4n) is 1.37. The maximum absolute atomic E-state index is 12.2. The number of halogens is 2. The van der Waals surface area contributed by atoms with Crippen LogP contribution in [0.4, 0.5) is 8.78 Å². The van der Waals surface area contributed by atoms with Crippen molar-refractivity contribution in [2.45, 2.75) is 6.61 Å². The summed E-state index contributed by atoms with van der Waals surface area (Å²) in [7, 11) is 1.37. The first-order valence-corrected chi connectivity index (χ1v) is 6.12. The van der Waals surface area contributed by atoms with E-state index in [0.29, 0.717) is 0 Å². The van der Waals surface area contributed by atoms with E-state index < -0.39 is 37.5 Å². The van der Waals surface area contributed by atoms with E-state index in [2.05, 4.69) is 20.1 Å². The molecular weight excluding hydrogens is 302 g/mol. The van der Waals surface area contributed by atoms with Gasteiger partial charge >= 0.3 is 12.6 Å².